The molecule has 1 fully saturated rings. The normalized spacial score (nSPS) is 18.8. The SMILES string of the molecule is CCC(C(N)=NO)N1CCN(C(=O)c2ccc(C)s2)CC1. The van der Waals surface area contributed by atoms with Crippen LogP contribution in [0.4, 0.5) is 0 Å². The Hall–Kier alpha value is -1.60. The molecule has 1 atom stereocenters. The molecule has 1 saturated heterocycles. The van der Waals surface area contributed by atoms with Crippen molar-refractivity contribution in [2.75, 3.05) is 26.2 Å². The summed E-state index contributed by atoms with van der Waals surface area (Å²) in [5.41, 5.74) is 5.73. The van der Waals surface area contributed by atoms with Gasteiger partial charge in [-0.05, 0) is 25.5 Å². The van der Waals surface area contributed by atoms with Gasteiger partial charge < -0.3 is 15.8 Å². The molecule has 1 aliphatic rings. The van der Waals surface area contributed by atoms with E-state index in [4.69, 9.17) is 10.9 Å². The minimum Gasteiger partial charge on any atom is -0.409 e. The van der Waals surface area contributed by atoms with Crippen LogP contribution in [0.1, 0.15) is 27.9 Å². The van der Waals surface area contributed by atoms with Gasteiger partial charge in [0.05, 0.1) is 10.9 Å². The van der Waals surface area contributed by atoms with Gasteiger partial charge in [0.2, 0.25) is 0 Å². The lowest BCUT2D eigenvalue weighted by molar-refractivity contribution is 0.0613. The Kier molecular flexibility index (Phi) is 5.19. The lowest BCUT2D eigenvalue weighted by atomic mass is 10.1. The van der Waals surface area contributed by atoms with Crippen LogP contribution in [0, 0.1) is 6.92 Å². The van der Waals surface area contributed by atoms with Crippen LogP contribution in [0.5, 0.6) is 0 Å². The Bertz CT molecular complexity index is 521. The number of piperazine rings is 1. The predicted octanol–water partition coefficient (Wildman–Crippen LogP) is 1.34. The van der Waals surface area contributed by atoms with Crippen LogP contribution < -0.4 is 5.73 Å². The third kappa shape index (κ3) is 3.54. The summed E-state index contributed by atoms with van der Waals surface area (Å²) in [6.45, 7) is 6.84. The highest BCUT2D eigenvalue weighted by Gasteiger charge is 2.28. The fourth-order valence-electron chi connectivity index (χ4n) is 2.66. The van der Waals surface area contributed by atoms with Crippen LogP contribution in [0.15, 0.2) is 17.3 Å². The topological polar surface area (TPSA) is 82.2 Å². The molecule has 0 aromatic carbocycles. The molecule has 1 aliphatic heterocycles. The van der Waals surface area contributed by atoms with Gasteiger partial charge in [-0.1, -0.05) is 12.1 Å². The van der Waals surface area contributed by atoms with Crippen LogP contribution in [-0.2, 0) is 0 Å². The summed E-state index contributed by atoms with van der Waals surface area (Å²) in [6.07, 6.45) is 0.786. The van der Waals surface area contributed by atoms with E-state index in [2.05, 4.69) is 10.1 Å². The van der Waals surface area contributed by atoms with Crippen molar-refractivity contribution in [3.8, 4) is 0 Å². The van der Waals surface area contributed by atoms with E-state index in [0.29, 0.717) is 13.1 Å². The standard InChI is InChI=1S/C14H22N4O2S/c1-3-11(13(15)16-20)17-6-8-18(9-7-17)14(19)12-5-4-10(2)21-12/h4-5,11,20H,3,6-9H2,1-2H3,(H2,15,16). The maximum atomic E-state index is 12.4. The van der Waals surface area contributed by atoms with E-state index in [-0.39, 0.29) is 17.8 Å². The summed E-state index contributed by atoms with van der Waals surface area (Å²) in [7, 11) is 0. The molecule has 1 aromatic heterocycles. The van der Waals surface area contributed by atoms with Gasteiger partial charge in [-0.2, -0.15) is 0 Å². The predicted molar refractivity (Wildman–Crippen MR) is 84.0 cm³/mol. The molecule has 21 heavy (non-hydrogen) atoms. The first-order chi connectivity index (χ1) is 10.1. The zero-order chi connectivity index (χ0) is 15.4. The van der Waals surface area contributed by atoms with Crippen molar-refractivity contribution in [3.63, 3.8) is 0 Å². The molecule has 3 N–H and O–H groups in total. The van der Waals surface area contributed by atoms with Crippen molar-refractivity contribution in [2.45, 2.75) is 26.3 Å². The number of carbonyl (C=O) groups is 1. The quantitative estimate of drug-likeness (QED) is 0.380. The Labute approximate surface area is 128 Å². The molecule has 7 heteroatoms. The van der Waals surface area contributed by atoms with Crippen molar-refractivity contribution in [1.29, 1.82) is 0 Å². The number of rotatable bonds is 4. The van der Waals surface area contributed by atoms with Crippen LogP contribution >= 0.6 is 11.3 Å². The fourth-order valence-corrected chi connectivity index (χ4v) is 3.50. The molecule has 0 spiro atoms. The Morgan fingerprint density at radius 2 is 2.10 bits per heavy atom. The van der Waals surface area contributed by atoms with E-state index in [0.717, 1.165) is 29.3 Å². The summed E-state index contributed by atoms with van der Waals surface area (Å²) in [6, 6.07) is 3.80. The number of oxime groups is 1. The average molecular weight is 310 g/mol. The Balaban J connectivity index is 1.95. The second-order valence-electron chi connectivity index (χ2n) is 5.19. The van der Waals surface area contributed by atoms with Gasteiger partial charge in [-0.3, -0.25) is 9.69 Å². The summed E-state index contributed by atoms with van der Waals surface area (Å²) in [4.78, 5) is 18.4. The molecule has 0 bridgehead atoms. The Morgan fingerprint density at radius 3 is 2.57 bits per heavy atom. The van der Waals surface area contributed by atoms with Crippen molar-refractivity contribution in [1.82, 2.24) is 9.80 Å². The molecule has 2 rings (SSSR count). The number of nitrogens with two attached hydrogens (primary N) is 1. The maximum absolute atomic E-state index is 12.4. The molecule has 0 saturated carbocycles. The molecule has 0 radical (unpaired) electrons. The largest absolute Gasteiger partial charge is 0.409 e. The summed E-state index contributed by atoms with van der Waals surface area (Å²) < 4.78 is 0. The first kappa shape index (κ1) is 15.8. The van der Waals surface area contributed by atoms with Gasteiger partial charge >= 0.3 is 0 Å². The highest BCUT2D eigenvalue weighted by atomic mass is 32.1. The molecule has 0 aliphatic carbocycles. The van der Waals surface area contributed by atoms with E-state index < -0.39 is 0 Å². The zero-order valence-electron chi connectivity index (χ0n) is 12.5. The highest BCUT2D eigenvalue weighted by molar-refractivity contribution is 7.13. The first-order valence-corrected chi connectivity index (χ1v) is 7.95. The lowest BCUT2D eigenvalue weighted by Crippen LogP contribution is -2.55. The first-order valence-electron chi connectivity index (χ1n) is 7.14. The van der Waals surface area contributed by atoms with E-state index in [1.165, 1.54) is 11.3 Å². The fraction of sp³-hybridized carbons (Fsp3) is 0.571. The van der Waals surface area contributed by atoms with E-state index in [1.807, 2.05) is 30.9 Å². The van der Waals surface area contributed by atoms with Crippen molar-refractivity contribution < 1.29 is 10.0 Å². The smallest absolute Gasteiger partial charge is 0.264 e. The minimum absolute atomic E-state index is 0.0590. The molecule has 1 unspecified atom stereocenters. The van der Waals surface area contributed by atoms with E-state index >= 15 is 0 Å². The molecule has 1 amide bonds. The third-order valence-electron chi connectivity index (χ3n) is 3.84. The van der Waals surface area contributed by atoms with Gasteiger partial charge in [0.15, 0.2) is 5.84 Å². The number of hydrogen-bond acceptors (Lipinski definition) is 5. The number of amidine groups is 1. The van der Waals surface area contributed by atoms with Gasteiger partial charge in [-0.25, -0.2) is 0 Å². The summed E-state index contributed by atoms with van der Waals surface area (Å²) in [5.74, 6) is 0.343. The van der Waals surface area contributed by atoms with Crippen molar-refractivity contribution in [3.05, 3.63) is 21.9 Å². The number of thiophene rings is 1. The molecular weight excluding hydrogens is 288 g/mol. The minimum atomic E-state index is -0.0590. The zero-order valence-corrected chi connectivity index (χ0v) is 13.3. The lowest BCUT2D eigenvalue weighted by Gasteiger charge is -2.38. The monoisotopic (exact) mass is 310 g/mol. The number of carbonyl (C=O) groups excluding carboxylic acids is 1. The maximum Gasteiger partial charge on any atom is 0.264 e. The average Bonchev–Trinajstić information content (AvgIpc) is 2.94. The highest BCUT2D eigenvalue weighted by Crippen LogP contribution is 2.19. The van der Waals surface area contributed by atoms with Gasteiger partial charge in [0, 0.05) is 31.1 Å². The second kappa shape index (κ2) is 6.91. The van der Waals surface area contributed by atoms with Crippen molar-refractivity contribution >= 4 is 23.1 Å². The van der Waals surface area contributed by atoms with Gasteiger partial charge in [-0.15, -0.1) is 11.3 Å². The molecule has 116 valence electrons. The number of amides is 1. The summed E-state index contributed by atoms with van der Waals surface area (Å²) in [5, 5.41) is 11.9. The number of hydrogen-bond donors (Lipinski definition) is 2. The van der Waals surface area contributed by atoms with Crippen molar-refractivity contribution in [2.24, 2.45) is 10.9 Å². The molecular formula is C14H22N4O2S. The Morgan fingerprint density at radius 1 is 1.43 bits per heavy atom. The van der Waals surface area contributed by atoms with E-state index in [9.17, 15) is 4.79 Å². The number of nitrogens with zero attached hydrogens (tertiary/aromatic N) is 3. The van der Waals surface area contributed by atoms with Gasteiger partial charge in [0.1, 0.15) is 0 Å². The van der Waals surface area contributed by atoms with E-state index in [1.54, 1.807) is 0 Å². The third-order valence-corrected chi connectivity index (χ3v) is 4.83. The molecule has 6 nitrogen and oxygen atoms in total. The van der Waals surface area contributed by atoms with Crippen LogP contribution in [0.3, 0.4) is 0 Å². The van der Waals surface area contributed by atoms with Crippen LogP contribution in [0.25, 0.3) is 0 Å². The van der Waals surface area contributed by atoms with Gasteiger partial charge in [0.25, 0.3) is 5.91 Å². The second-order valence-corrected chi connectivity index (χ2v) is 6.48. The molecule has 2 heterocycles. The number of aryl methyl sites for hydroxylation is 1. The van der Waals surface area contributed by atoms with Crippen LogP contribution in [0.2, 0.25) is 0 Å². The summed E-state index contributed by atoms with van der Waals surface area (Å²) >= 11 is 1.53. The van der Waals surface area contributed by atoms with Crippen LogP contribution in [-0.4, -0.2) is 59.0 Å². The molecule has 1 aromatic rings.